The molecule has 0 N–H and O–H groups in total. The number of likely N-dealkylation sites (N-methyl/N-ethyl adjacent to an activating group) is 1. The molecule has 2 atom stereocenters. The van der Waals surface area contributed by atoms with Crippen LogP contribution in [0, 0.1) is 11.8 Å². The lowest BCUT2D eigenvalue weighted by Gasteiger charge is -2.36. The minimum Gasteiger partial charge on any atom is -0.343 e. The van der Waals surface area contributed by atoms with Gasteiger partial charge < -0.3 is 4.90 Å². The molecule has 5 nitrogen and oxygen atoms in total. The van der Waals surface area contributed by atoms with Crippen molar-refractivity contribution >= 4 is 28.3 Å². The van der Waals surface area contributed by atoms with Crippen LogP contribution in [-0.2, 0) is 11.2 Å². The average Bonchev–Trinajstić information content (AvgIpc) is 3.27. The Morgan fingerprint density at radius 1 is 1.03 bits per heavy atom. The van der Waals surface area contributed by atoms with Gasteiger partial charge in [-0.3, -0.25) is 19.1 Å². The predicted octanol–water partition coefficient (Wildman–Crippen LogP) is 6.41. The zero-order chi connectivity index (χ0) is 25.8. The topological polar surface area (TPSA) is 45.6 Å². The van der Waals surface area contributed by atoms with Gasteiger partial charge in [0.15, 0.2) is 0 Å². The first kappa shape index (κ1) is 26.7. The molecule has 2 aromatic rings. The highest BCUT2D eigenvalue weighted by Gasteiger charge is 2.29. The fourth-order valence-electron chi connectivity index (χ4n) is 6.40. The molecular formula is C31H45N3O2. The summed E-state index contributed by atoms with van der Waals surface area (Å²) in [4.78, 5) is 30.6. The number of hydrogen-bond acceptors (Lipinski definition) is 3. The number of nitrogens with zero attached hydrogens (tertiary/aromatic N) is 3. The molecule has 0 spiro atoms. The smallest absolute Gasteiger partial charge is 0.231 e. The molecule has 0 radical (unpaired) electrons. The van der Waals surface area contributed by atoms with Crippen LogP contribution in [0.15, 0.2) is 30.5 Å². The molecule has 2 heterocycles. The summed E-state index contributed by atoms with van der Waals surface area (Å²) in [6.07, 6.45) is 12.7. The first-order chi connectivity index (χ1) is 17.4. The van der Waals surface area contributed by atoms with Crippen LogP contribution in [0.5, 0.6) is 0 Å². The van der Waals surface area contributed by atoms with Gasteiger partial charge in [0.2, 0.25) is 11.8 Å². The molecule has 1 saturated carbocycles. The van der Waals surface area contributed by atoms with Crippen LogP contribution < -0.4 is 0 Å². The van der Waals surface area contributed by atoms with Crippen LogP contribution in [0.2, 0.25) is 0 Å². The Hall–Kier alpha value is -2.40. The second-order valence-corrected chi connectivity index (χ2v) is 10.9. The number of amides is 1. The van der Waals surface area contributed by atoms with E-state index in [0.29, 0.717) is 18.8 Å². The maximum absolute atomic E-state index is 13.5. The zero-order valence-electron chi connectivity index (χ0n) is 23.1. The van der Waals surface area contributed by atoms with E-state index in [2.05, 4.69) is 56.3 Å². The van der Waals surface area contributed by atoms with Crippen molar-refractivity contribution in [2.24, 2.45) is 11.8 Å². The van der Waals surface area contributed by atoms with E-state index in [0.717, 1.165) is 31.6 Å². The van der Waals surface area contributed by atoms with Crippen molar-refractivity contribution in [2.45, 2.75) is 85.1 Å². The van der Waals surface area contributed by atoms with Crippen LogP contribution in [0.1, 0.15) is 88.6 Å². The average molecular weight is 492 g/mol. The van der Waals surface area contributed by atoms with E-state index in [-0.39, 0.29) is 23.8 Å². The first-order valence-electron chi connectivity index (χ1n) is 14.2. The third-order valence-electron chi connectivity index (χ3n) is 8.66. The minimum atomic E-state index is 0.185. The number of benzene rings is 1. The molecule has 1 aliphatic carbocycles. The summed E-state index contributed by atoms with van der Waals surface area (Å²) in [6, 6.07) is 6.67. The van der Waals surface area contributed by atoms with Crippen molar-refractivity contribution in [3.8, 4) is 0 Å². The third-order valence-corrected chi connectivity index (χ3v) is 8.66. The van der Waals surface area contributed by atoms with Crippen molar-refractivity contribution < 1.29 is 9.59 Å². The highest BCUT2D eigenvalue weighted by atomic mass is 16.2. The minimum absolute atomic E-state index is 0.185. The van der Waals surface area contributed by atoms with Gasteiger partial charge >= 0.3 is 0 Å². The molecule has 1 fully saturated rings. The number of carbonyl (C=O) groups is 2. The second kappa shape index (κ2) is 11.8. The number of aromatic nitrogens is 1. The van der Waals surface area contributed by atoms with Gasteiger partial charge in [-0.05, 0) is 81.7 Å². The monoisotopic (exact) mass is 491 g/mol. The summed E-state index contributed by atoms with van der Waals surface area (Å²) < 4.78 is 1.94. The van der Waals surface area contributed by atoms with Crippen LogP contribution in [-0.4, -0.2) is 58.9 Å². The standard InChI is InChI=1S/C31H45N3O2/c1-6-25-21-34(30(36)18-23-13-10-9-11-14-23)28-16-12-15-26(31(25)28)27-17-24(20-32(5)22(27)4)19-29(35)33(7-2)8-3/h12,15-17,21-24H,6-11,13-14,18-20H2,1-5H3/t22-,24?/m1/s1. The van der Waals surface area contributed by atoms with Crippen molar-refractivity contribution in [1.29, 1.82) is 0 Å². The Morgan fingerprint density at radius 3 is 2.42 bits per heavy atom. The summed E-state index contributed by atoms with van der Waals surface area (Å²) in [6.45, 7) is 10.9. The molecule has 2 aliphatic rings. The summed E-state index contributed by atoms with van der Waals surface area (Å²) in [7, 11) is 2.16. The highest BCUT2D eigenvalue weighted by Crippen LogP contribution is 2.37. The molecule has 1 aliphatic heterocycles. The van der Waals surface area contributed by atoms with E-state index in [4.69, 9.17) is 0 Å². The predicted molar refractivity (Wildman–Crippen MR) is 149 cm³/mol. The van der Waals surface area contributed by atoms with Gasteiger partial charge in [-0.25, -0.2) is 0 Å². The lowest BCUT2D eigenvalue weighted by Crippen LogP contribution is -2.40. The number of rotatable bonds is 8. The van der Waals surface area contributed by atoms with Gasteiger partial charge in [-0.2, -0.15) is 0 Å². The maximum Gasteiger partial charge on any atom is 0.231 e. The van der Waals surface area contributed by atoms with Crippen molar-refractivity contribution in [1.82, 2.24) is 14.4 Å². The lowest BCUT2D eigenvalue weighted by molar-refractivity contribution is -0.131. The molecule has 0 saturated heterocycles. The van der Waals surface area contributed by atoms with Crippen molar-refractivity contribution in [2.75, 3.05) is 26.7 Å². The SMILES string of the molecule is CCc1cn(C(=O)CC2CCCCC2)c2cccc(C3=CC(CC(=O)N(CC)CC)CN(C)[C@@H]3C)c12. The number of carbonyl (C=O) groups excluding carboxylic acids is 2. The molecule has 196 valence electrons. The highest BCUT2D eigenvalue weighted by molar-refractivity contribution is 6.01. The third kappa shape index (κ3) is 5.46. The molecular weight excluding hydrogens is 446 g/mol. The first-order valence-corrected chi connectivity index (χ1v) is 14.2. The Labute approximate surface area is 217 Å². The Kier molecular flexibility index (Phi) is 8.71. The molecule has 1 aromatic carbocycles. The maximum atomic E-state index is 13.5. The lowest BCUT2D eigenvalue weighted by atomic mass is 9.86. The summed E-state index contributed by atoms with van der Waals surface area (Å²) in [5, 5.41) is 1.21. The summed E-state index contributed by atoms with van der Waals surface area (Å²) in [5.74, 6) is 1.17. The molecule has 1 aromatic heterocycles. The fourth-order valence-corrected chi connectivity index (χ4v) is 6.40. The van der Waals surface area contributed by atoms with Crippen LogP contribution >= 0.6 is 0 Å². The quantitative estimate of drug-likeness (QED) is 0.429. The zero-order valence-corrected chi connectivity index (χ0v) is 23.1. The van der Waals surface area contributed by atoms with Crippen molar-refractivity contribution in [3.63, 3.8) is 0 Å². The van der Waals surface area contributed by atoms with Gasteiger partial charge in [0.05, 0.1) is 5.52 Å². The van der Waals surface area contributed by atoms with Crippen LogP contribution in [0.4, 0.5) is 0 Å². The Balaban J connectivity index is 1.70. The van der Waals surface area contributed by atoms with Gasteiger partial charge in [0.25, 0.3) is 0 Å². The van der Waals surface area contributed by atoms with E-state index in [1.165, 1.54) is 54.2 Å². The van der Waals surface area contributed by atoms with Crippen molar-refractivity contribution in [3.05, 3.63) is 41.6 Å². The molecule has 0 bridgehead atoms. The molecule has 1 amide bonds. The summed E-state index contributed by atoms with van der Waals surface area (Å²) >= 11 is 0. The van der Waals surface area contributed by atoms with Crippen LogP contribution in [0.25, 0.3) is 16.5 Å². The van der Waals surface area contributed by atoms with Gasteiger partial charge in [0.1, 0.15) is 0 Å². The molecule has 5 heteroatoms. The molecule has 4 rings (SSSR count). The normalized spacial score (nSPS) is 21.5. The van der Waals surface area contributed by atoms with E-state index in [1.54, 1.807) is 0 Å². The fraction of sp³-hybridized carbons (Fsp3) is 0.613. The second-order valence-electron chi connectivity index (χ2n) is 10.9. The van der Waals surface area contributed by atoms with E-state index in [9.17, 15) is 9.59 Å². The summed E-state index contributed by atoms with van der Waals surface area (Å²) in [5.41, 5.74) is 4.75. The largest absolute Gasteiger partial charge is 0.343 e. The number of aryl methyl sites for hydroxylation is 1. The van der Waals surface area contributed by atoms with E-state index in [1.807, 2.05) is 23.3 Å². The Bertz CT molecular complexity index is 1100. The van der Waals surface area contributed by atoms with Gasteiger partial charge in [-0.15, -0.1) is 0 Å². The molecule has 1 unspecified atom stereocenters. The van der Waals surface area contributed by atoms with Gasteiger partial charge in [-0.1, -0.05) is 44.4 Å². The van der Waals surface area contributed by atoms with E-state index < -0.39 is 0 Å². The number of hydrogen-bond donors (Lipinski definition) is 0. The van der Waals surface area contributed by atoms with E-state index >= 15 is 0 Å². The van der Waals surface area contributed by atoms with Crippen LogP contribution in [0.3, 0.4) is 0 Å². The number of fused-ring (bicyclic) bond motifs is 1. The van der Waals surface area contributed by atoms with Gasteiger partial charge in [0, 0.05) is 50.1 Å². The molecule has 36 heavy (non-hydrogen) atoms. The Morgan fingerprint density at radius 2 is 1.75 bits per heavy atom.